The number of rotatable bonds is 8. The molecule has 25 heavy (non-hydrogen) atoms. The average molecular weight is 405 g/mol. The van der Waals surface area contributed by atoms with E-state index in [-0.39, 0.29) is 0 Å². The highest BCUT2D eigenvalue weighted by molar-refractivity contribution is 7.54. The van der Waals surface area contributed by atoms with E-state index in [0.717, 1.165) is 5.56 Å². The van der Waals surface area contributed by atoms with Crippen molar-refractivity contribution < 1.29 is 27.9 Å². The van der Waals surface area contributed by atoms with Gasteiger partial charge in [-0.05, 0) is 36.1 Å². The fourth-order valence-corrected chi connectivity index (χ4v) is 4.55. The Bertz CT molecular complexity index is 756. The molecule has 2 aromatic rings. The maximum atomic E-state index is 12.7. The first-order valence-corrected chi connectivity index (χ1v) is 10.1. The molecule has 0 spiro atoms. The van der Waals surface area contributed by atoms with Gasteiger partial charge >= 0.3 is 13.6 Å². The van der Waals surface area contributed by atoms with E-state index in [4.69, 9.17) is 30.1 Å². The molecule has 1 aromatic carbocycles. The van der Waals surface area contributed by atoms with E-state index in [2.05, 4.69) is 0 Å². The van der Waals surface area contributed by atoms with Gasteiger partial charge in [0.05, 0.1) is 9.90 Å². The fourth-order valence-electron chi connectivity index (χ4n) is 1.99. The van der Waals surface area contributed by atoms with Crippen LogP contribution in [0.3, 0.4) is 0 Å². The monoisotopic (exact) mass is 404 g/mol. The molecule has 9 heteroatoms. The second kappa shape index (κ2) is 8.83. The highest BCUT2D eigenvalue weighted by Crippen LogP contribution is 2.61. The predicted molar refractivity (Wildman–Crippen MR) is 96.5 cm³/mol. The standard InChI is InChI=1S/C16H18ClO6PS/c1-11-6-7-12(17)13(9-11)22-10-15(18)23-16(14-5-4-8-25-14)24(19,20-2)21-3/h4-9,16H,10H2,1-3H3. The molecule has 0 saturated heterocycles. The minimum atomic E-state index is -3.66. The van der Waals surface area contributed by atoms with Gasteiger partial charge in [0, 0.05) is 14.2 Å². The summed E-state index contributed by atoms with van der Waals surface area (Å²) in [5, 5.41) is 2.15. The molecular formula is C16H18ClO6PS. The number of esters is 1. The first-order valence-electron chi connectivity index (χ1n) is 7.22. The van der Waals surface area contributed by atoms with Gasteiger partial charge in [-0.1, -0.05) is 23.7 Å². The van der Waals surface area contributed by atoms with Crippen molar-refractivity contribution in [2.45, 2.75) is 12.8 Å². The predicted octanol–water partition coefficient (Wildman–Crippen LogP) is 4.82. The fraction of sp³-hybridized carbons (Fsp3) is 0.312. The Morgan fingerprint density at radius 3 is 2.60 bits per heavy atom. The third-order valence-electron chi connectivity index (χ3n) is 3.26. The summed E-state index contributed by atoms with van der Waals surface area (Å²) in [7, 11) is -1.19. The van der Waals surface area contributed by atoms with Crippen molar-refractivity contribution in [2.75, 3.05) is 20.8 Å². The number of aryl methyl sites for hydroxylation is 1. The maximum Gasteiger partial charge on any atom is 0.375 e. The molecule has 0 saturated carbocycles. The number of halogens is 1. The first-order chi connectivity index (χ1) is 11.9. The molecule has 1 atom stereocenters. The van der Waals surface area contributed by atoms with E-state index in [0.29, 0.717) is 15.6 Å². The SMILES string of the molecule is COP(=O)(OC)C(OC(=O)COc1cc(C)ccc1Cl)c1cccs1. The molecule has 1 aromatic heterocycles. The van der Waals surface area contributed by atoms with Gasteiger partial charge in [-0.2, -0.15) is 0 Å². The third-order valence-corrected chi connectivity index (χ3v) is 6.64. The van der Waals surface area contributed by atoms with Crippen LogP contribution < -0.4 is 4.74 Å². The van der Waals surface area contributed by atoms with Crippen molar-refractivity contribution >= 4 is 36.5 Å². The van der Waals surface area contributed by atoms with Crippen LogP contribution in [0.2, 0.25) is 5.02 Å². The van der Waals surface area contributed by atoms with Gasteiger partial charge in [-0.3, -0.25) is 4.57 Å². The molecule has 0 fully saturated rings. The largest absolute Gasteiger partial charge is 0.480 e. The summed E-state index contributed by atoms with van der Waals surface area (Å²) in [5.74, 6) is -1.51. The van der Waals surface area contributed by atoms with Gasteiger partial charge in [0.1, 0.15) is 5.75 Å². The normalized spacial score (nSPS) is 12.6. The zero-order valence-electron chi connectivity index (χ0n) is 13.9. The Morgan fingerprint density at radius 1 is 1.28 bits per heavy atom. The molecule has 0 N–H and O–H groups in total. The van der Waals surface area contributed by atoms with Gasteiger partial charge < -0.3 is 18.5 Å². The Balaban J connectivity index is 2.10. The van der Waals surface area contributed by atoms with Crippen molar-refractivity contribution in [1.29, 1.82) is 0 Å². The molecule has 0 aliphatic carbocycles. The van der Waals surface area contributed by atoms with Crippen LogP contribution in [-0.2, 0) is 23.1 Å². The van der Waals surface area contributed by atoms with E-state index in [1.54, 1.807) is 29.6 Å². The Morgan fingerprint density at radius 2 is 2.00 bits per heavy atom. The summed E-state index contributed by atoms with van der Waals surface area (Å²) in [6.07, 6.45) is 0. The molecule has 0 aliphatic rings. The van der Waals surface area contributed by atoms with Crippen LogP contribution in [0.1, 0.15) is 16.3 Å². The summed E-state index contributed by atoms with van der Waals surface area (Å²) in [4.78, 5) is 12.7. The molecule has 6 nitrogen and oxygen atoms in total. The molecule has 0 amide bonds. The number of carbonyl (C=O) groups excluding carboxylic acids is 1. The van der Waals surface area contributed by atoms with Crippen molar-refractivity contribution in [3.05, 3.63) is 51.2 Å². The molecule has 0 aliphatic heterocycles. The minimum Gasteiger partial charge on any atom is -0.480 e. The number of hydrogen-bond acceptors (Lipinski definition) is 7. The second-order valence-electron chi connectivity index (χ2n) is 4.99. The number of hydrogen-bond donors (Lipinski definition) is 0. The van der Waals surface area contributed by atoms with Crippen LogP contribution in [0.25, 0.3) is 0 Å². The molecule has 0 radical (unpaired) electrons. The number of thiophene rings is 1. The lowest BCUT2D eigenvalue weighted by molar-refractivity contribution is -0.148. The van der Waals surface area contributed by atoms with Gasteiger partial charge in [0.2, 0.25) is 5.85 Å². The number of ether oxygens (including phenoxy) is 2. The van der Waals surface area contributed by atoms with Crippen molar-refractivity contribution in [3.63, 3.8) is 0 Å². The van der Waals surface area contributed by atoms with Crippen LogP contribution in [0, 0.1) is 6.92 Å². The number of carbonyl (C=O) groups is 1. The second-order valence-corrected chi connectivity index (χ2v) is 8.65. The van der Waals surface area contributed by atoms with Crippen molar-refractivity contribution in [3.8, 4) is 5.75 Å². The molecule has 136 valence electrons. The Kier molecular flexibility index (Phi) is 7.04. The Hall–Kier alpha value is -1.37. The lowest BCUT2D eigenvalue weighted by atomic mass is 10.2. The molecule has 1 heterocycles. The number of benzene rings is 1. The molecule has 1 unspecified atom stereocenters. The van der Waals surface area contributed by atoms with Gasteiger partial charge in [-0.25, -0.2) is 4.79 Å². The third kappa shape index (κ3) is 5.06. The summed E-state index contributed by atoms with van der Waals surface area (Å²) in [6, 6.07) is 8.65. The highest BCUT2D eigenvalue weighted by Gasteiger charge is 2.39. The lowest BCUT2D eigenvalue weighted by Crippen LogP contribution is -2.19. The van der Waals surface area contributed by atoms with Crippen LogP contribution >= 0.6 is 30.5 Å². The Labute approximate surface area is 155 Å². The zero-order valence-corrected chi connectivity index (χ0v) is 16.4. The van der Waals surface area contributed by atoms with Crippen LogP contribution in [0.5, 0.6) is 5.75 Å². The topological polar surface area (TPSA) is 71.1 Å². The van der Waals surface area contributed by atoms with Crippen molar-refractivity contribution in [1.82, 2.24) is 0 Å². The molecule has 2 rings (SSSR count). The quantitative estimate of drug-likeness (QED) is 0.464. The van der Waals surface area contributed by atoms with Crippen LogP contribution in [0.15, 0.2) is 35.7 Å². The van der Waals surface area contributed by atoms with E-state index < -0.39 is 26.0 Å². The van der Waals surface area contributed by atoms with Gasteiger partial charge in [0.15, 0.2) is 6.61 Å². The van der Waals surface area contributed by atoms with E-state index in [1.165, 1.54) is 25.6 Å². The van der Waals surface area contributed by atoms with E-state index in [1.807, 2.05) is 13.0 Å². The summed E-state index contributed by atoms with van der Waals surface area (Å²) < 4.78 is 33.4. The van der Waals surface area contributed by atoms with Crippen LogP contribution in [-0.4, -0.2) is 26.8 Å². The first kappa shape index (κ1) is 19.9. The molecular weight excluding hydrogens is 387 g/mol. The van der Waals surface area contributed by atoms with Gasteiger partial charge in [-0.15, -0.1) is 11.3 Å². The smallest absolute Gasteiger partial charge is 0.375 e. The van der Waals surface area contributed by atoms with E-state index >= 15 is 0 Å². The highest BCUT2D eigenvalue weighted by atomic mass is 35.5. The van der Waals surface area contributed by atoms with E-state index in [9.17, 15) is 9.36 Å². The average Bonchev–Trinajstić information content (AvgIpc) is 3.14. The molecule has 0 bridgehead atoms. The summed E-state index contributed by atoms with van der Waals surface area (Å²) in [5.41, 5.74) is 0.937. The minimum absolute atomic E-state index is 0.368. The zero-order chi connectivity index (χ0) is 18.4. The lowest BCUT2D eigenvalue weighted by Gasteiger charge is -2.23. The van der Waals surface area contributed by atoms with Crippen molar-refractivity contribution in [2.24, 2.45) is 0 Å². The summed E-state index contributed by atoms with van der Waals surface area (Å²) >= 11 is 7.30. The van der Waals surface area contributed by atoms with Gasteiger partial charge in [0.25, 0.3) is 0 Å². The summed E-state index contributed by atoms with van der Waals surface area (Å²) in [6.45, 7) is 1.49. The maximum absolute atomic E-state index is 12.7. The van der Waals surface area contributed by atoms with Crippen LogP contribution in [0.4, 0.5) is 0 Å².